The quantitative estimate of drug-likeness (QED) is 0.630. The number of rotatable bonds is 4. The molecule has 1 aliphatic heterocycles. The number of ketones is 1. The highest BCUT2D eigenvalue weighted by Crippen LogP contribution is 2.35. The number of hydrogen-bond donors (Lipinski definition) is 0. The monoisotopic (exact) mass is 338 g/mol. The van der Waals surface area contributed by atoms with Crippen LogP contribution in [0.4, 0.5) is 0 Å². The molecule has 2 aromatic rings. The number of carbonyl (C=O) groups is 2. The number of benzene rings is 2. The molecule has 0 radical (unpaired) electrons. The van der Waals surface area contributed by atoms with Crippen LogP contribution in [0.5, 0.6) is 11.5 Å². The SMILES string of the molecule is COC(=O)[C@@H](C)Oc1ccc2c(c1)OC(=Cc1ccc(C)cc1)C2=O. The van der Waals surface area contributed by atoms with E-state index in [-0.39, 0.29) is 11.5 Å². The minimum absolute atomic E-state index is 0.178. The summed E-state index contributed by atoms with van der Waals surface area (Å²) in [6.07, 6.45) is 0.960. The fraction of sp³-hybridized carbons (Fsp3) is 0.200. The van der Waals surface area contributed by atoms with Crippen LogP contribution < -0.4 is 9.47 Å². The van der Waals surface area contributed by atoms with Gasteiger partial charge in [0.05, 0.1) is 12.7 Å². The maximum atomic E-state index is 12.4. The van der Waals surface area contributed by atoms with Gasteiger partial charge in [-0.15, -0.1) is 0 Å². The molecule has 0 unspecified atom stereocenters. The summed E-state index contributed by atoms with van der Waals surface area (Å²) < 4.78 is 15.8. The molecule has 1 heterocycles. The summed E-state index contributed by atoms with van der Waals surface area (Å²) in [5.41, 5.74) is 2.50. The van der Waals surface area contributed by atoms with Crippen molar-refractivity contribution in [3.63, 3.8) is 0 Å². The van der Waals surface area contributed by atoms with Crippen molar-refractivity contribution >= 4 is 17.8 Å². The van der Waals surface area contributed by atoms with Crippen molar-refractivity contribution < 1.29 is 23.8 Å². The molecule has 5 heteroatoms. The Labute approximate surface area is 145 Å². The van der Waals surface area contributed by atoms with Gasteiger partial charge in [0, 0.05) is 6.07 Å². The average molecular weight is 338 g/mol. The lowest BCUT2D eigenvalue weighted by atomic mass is 10.1. The summed E-state index contributed by atoms with van der Waals surface area (Å²) >= 11 is 0. The molecule has 0 amide bonds. The Morgan fingerprint density at radius 3 is 2.56 bits per heavy atom. The lowest BCUT2D eigenvalue weighted by Gasteiger charge is -2.12. The fourth-order valence-corrected chi connectivity index (χ4v) is 2.47. The van der Waals surface area contributed by atoms with Gasteiger partial charge in [0.1, 0.15) is 11.5 Å². The van der Waals surface area contributed by atoms with Gasteiger partial charge in [0.2, 0.25) is 5.78 Å². The first kappa shape index (κ1) is 16.8. The Morgan fingerprint density at radius 2 is 1.88 bits per heavy atom. The van der Waals surface area contributed by atoms with Gasteiger partial charge in [-0.3, -0.25) is 4.79 Å². The molecule has 2 aromatic carbocycles. The summed E-state index contributed by atoms with van der Waals surface area (Å²) in [4.78, 5) is 23.9. The van der Waals surface area contributed by atoms with Gasteiger partial charge in [-0.2, -0.15) is 0 Å². The van der Waals surface area contributed by atoms with Crippen LogP contribution in [-0.2, 0) is 9.53 Å². The Hall–Kier alpha value is -3.08. The lowest BCUT2D eigenvalue weighted by molar-refractivity contribution is -0.147. The molecule has 1 atom stereocenters. The van der Waals surface area contributed by atoms with Gasteiger partial charge in [0.15, 0.2) is 11.9 Å². The maximum absolute atomic E-state index is 12.4. The van der Waals surface area contributed by atoms with Crippen molar-refractivity contribution in [2.24, 2.45) is 0 Å². The predicted molar refractivity (Wildman–Crippen MR) is 92.7 cm³/mol. The van der Waals surface area contributed by atoms with E-state index in [0.29, 0.717) is 17.1 Å². The third-order valence-electron chi connectivity index (χ3n) is 3.86. The second-order valence-corrected chi connectivity index (χ2v) is 5.79. The highest BCUT2D eigenvalue weighted by Gasteiger charge is 2.28. The number of hydrogen-bond acceptors (Lipinski definition) is 5. The number of aryl methyl sites for hydroxylation is 1. The molecule has 0 fully saturated rings. The second kappa shape index (κ2) is 6.81. The van der Waals surface area contributed by atoms with Crippen LogP contribution in [0.2, 0.25) is 0 Å². The topological polar surface area (TPSA) is 61.8 Å². The number of methoxy groups -OCH3 is 1. The highest BCUT2D eigenvalue weighted by molar-refractivity contribution is 6.14. The van der Waals surface area contributed by atoms with Gasteiger partial charge in [-0.25, -0.2) is 4.79 Å². The van der Waals surface area contributed by atoms with Gasteiger partial charge in [-0.05, 0) is 37.6 Å². The summed E-state index contributed by atoms with van der Waals surface area (Å²) in [5, 5.41) is 0. The molecule has 1 aliphatic rings. The van der Waals surface area contributed by atoms with E-state index in [1.165, 1.54) is 7.11 Å². The molecule has 3 rings (SSSR count). The standard InChI is InChI=1S/C20H18O5/c1-12-4-6-14(7-5-12)10-18-19(21)16-9-8-15(11-17(16)25-18)24-13(2)20(22)23-3/h4-11,13H,1-3H3/t13-/m1/s1. The zero-order valence-corrected chi connectivity index (χ0v) is 14.2. The fourth-order valence-electron chi connectivity index (χ4n) is 2.47. The summed E-state index contributed by atoms with van der Waals surface area (Å²) in [7, 11) is 1.30. The third kappa shape index (κ3) is 3.55. The van der Waals surface area contributed by atoms with Gasteiger partial charge >= 0.3 is 5.97 Å². The van der Waals surface area contributed by atoms with E-state index in [4.69, 9.17) is 9.47 Å². The van der Waals surface area contributed by atoms with Crippen LogP contribution in [0.1, 0.15) is 28.4 Å². The number of carbonyl (C=O) groups excluding carboxylic acids is 2. The molecule has 0 saturated carbocycles. The van der Waals surface area contributed by atoms with Crippen LogP contribution in [0.15, 0.2) is 48.2 Å². The maximum Gasteiger partial charge on any atom is 0.346 e. The van der Waals surface area contributed by atoms with E-state index in [9.17, 15) is 9.59 Å². The first-order chi connectivity index (χ1) is 12.0. The molecule has 0 bridgehead atoms. The van der Waals surface area contributed by atoms with Crippen molar-refractivity contribution in [2.45, 2.75) is 20.0 Å². The minimum atomic E-state index is -0.747. The van der Waals surface area contributed by atoms with Gasteiger partial charge in [0.25, 0.3) is 0 Å². The molecule has 0 spiro atoms. The molecule has 0 aromatic heterocycles. The average Bonchev–Trinajstić information content (AvgIpc) is 2.91. The molecule has 128 valence electrons. The van der Waals surface area contributed by atoms with Crippen LogP contribution in [0, 0.1) is 6.92 Å². The van der Waals surface area contributed by atoms with Crippen molar-refractivity contribution in [1.82, 2.24) is 0 Å². The molecule has 0 aliphatic carbocycles. The van der Waals surface area contributed by atoms with Crippen LogP contribution in [0.25, 0.3) is 6.08 Å². The first-order valence-electron chi connectivity index (χ1n) is 7.87. The highest BCUT2D eigenvalue weighted by atomic mass is 16.6. The van der Waals surface area contributed by atoms with E-state index < -0.39 is 12.1 Å². The summed E-state index contributed by atoms with van der Waals surface area (Å²) in [6, 6.07) is 12.7. The van der Waals surface area contributed by atoms with Crippen LogP contribution >= 0.6 is 0 Å². The Bertz CT molecular complexity index is 849. The van der Waals surface area contributed by atoms with Crippen LogP contribution in [-0.4, -0.2) is 25.0 Å². The normalized spacial score (nSPS) is 15.5. The minimum Gasteiger partial charge on any atom is -0.479 e. The Kier molecular flexibility index (Phi) is 4.57. The van der Waals surface area contributed by atoms with E-state index >= 15 is 0 Å². The third-order valence-corrected chi connectivity index (χ3v) is 3.86. The zero-order chi connectivity index (χ0) is 18.0. The van der Waals surface area contributed by atoms with Gasteiger partial charge in [-0.1, -0.05) is 29.8 Å². The largest absolute Gasteiger partial charge is 0.479 e. The van der Waals surface area contributed by atoms with Gasteiger partial charge < -0.3 is 14.2 Å². The smallest absolute Gasteiger partial charge is 0.346 e. The van der Waals surface area contributed by atoms with E-state index in [0.717, 1.165) is 11.1 Å². The number of ether oxygens (including phenoxy) is 3. The zero-order valence-electron chi connectivity index (χ0n) is 14.2. The molecular weight excluding hydrogens is 320 g/mol. The molecular formula is C20H18O5. The summed E-state index contributed by atoms with van der Waals surface area (Å²) in [6.45, 7) is 3.59. The van der Waals surface area contributed by atoms with Crippen molar-refractivity contribution in [1.29, 1.82) is 0 Å². The van der Waals surface area contributed by atoms with Crippen molar-refractivity contribution in [3.8, 4) is 11.5 Å². The number of fused-ring (bicyclic) bond motifs is 1. The lowest BCUT2D eigenvalue weighted by Crippen LogP contribution is -2.24. The number of Topliss-reactive ketones (excluding diaryl/α,β-unsaturated/α-hetero) is 1. The Balaban J connectivity index is 1.81. The molecule has 0 saturated heterocycles. The molecule has 5 nitrogen and oxygen atoms in total. The summed E-state index contributed by atoms with van der Waals surface area (Å²) in [5.74, 6) is 0.455. The number of esters is 1. The molecule has 25 heavy (non-hydrogen) atoms. The van der Waals surface area contributed by atoms with Crippen molar-refractivity contribution in [3.05, 3.63) is 64.9 Å². The second-order valence-electron chi connectivity index (χ2n) is 5.79. The molecule has 0 N–H and O–H groups in total. The first-order valence-corrected chi connectivity index (χ1v) is 7.87. The van der Waals surface area contributed by atoms with E-state index in [2.05, 4.69) is 4.74 Å². The van der Waals surface area contributed by atoms with E-state index in [1.807, 2.05) is 31.2 Å². The Morgan fingerprint density at radius 1 is 1.16 bits per heavy atom. The van der Waals surface area contributed by atoms with Crippen molar-refractivity contribution in [2.75, 3.05) is 7.11 Å². The predicted octanol–water partition coefficient (Wildman–Crippen LogP) is 3.55. The van der Waals surface area contributed by atoms with E-state index in [1.54, 1.807) is 31.2 Å². The number of allylic oxidation sites excluding steroid dienone is 1. The van der Waals surface area contributed by atoms with Crippen LogP contribution in [0.3, 0.4) is 0 Å².